The smallest absolute Gasteiger partial charge is 0.302 e. The predicted octanol–water partition coefficient (Wildman–Crippen LogP) is 3.90. The first-order valence-electron chi connectivity index (χ1n) is 8.82. The molecule has 3 heteroatoms. The Labute approximate surface area is 137 Å². The van der Waals surface area contributed by atoms with Gasteiger partial charge in [-0.25, -0.2) is 0 Å². The fraction of sp³-hybridized carbons (Fsp3) is 0.600. The van der Waals surface area contributed by atoms with Crippen LogP contribution < -0.4 is 0 Å². The minimum absolute atomic E-state index is 0.0117. The maximum absolute atomic E-state index is 11.7. The van der Waals surface area contributed by atoms with E-state index in [2.05, 4.69) is 19.1 Å². The lowest BCUT2D eigenvalue weighted by Gasteiger charge is -2.45. The van der Waals surface area contributed by atoms with Crippen LogP contribution in [0.15, 0.2) is 34.9 Å². The van der Waals surface area contributed by atoms with Gasteiger partial charge in [0.2, 0.25) is 0 Å². The zero-order chi connectivity index (χ0) is 16.2. The highest BCUT2D eigenvalue weighted by atomic mass is 16.5. The molecule has 0 N–H and O–H groups in total. The quantitative estimate of drug-likeness (QED) is 0.690. The maximum atomic E-state index is 11.7. The number of ketones is 1. The fourth-order valence-corrected chi connectivity index (χ4v) is 5.36. The third-order valence-electron chi connectivity index (χ3n) is 6.47. The molecule has 1 fully saturated rings. The van der Waals surface area contributed by atoms with Gasteiger partial charge in [-0.15, -0.1) is 0 Å². The second-order valence-electron chi connectivity index (χ2n) is 7.70. The van der Waals surface area contributed by atoms with Crippen LogP contribution in [0.2, 0.25) is 0 Å². The van der Waals surface area contributed by atoms with Crippen LogP contribution in [0.5, 0.6) is 0 Å². The molecular formula is C20H24O3. The van der Waals surface area contributed by atoms with E-state index in [1.54, 1.807) is 0 Å². The van der Waals surface area contributed by atoms with Crippen LogP contribution >= 0.6 is 0 Å². The van der Waals surface area contributed by atoms with Crippen molar-refractivity contribution >= 4 is 11.8 Å². The van der Waals surface area contributed by atoms with Crippen molar-refractivity contribution in [2.45, 2.75) is 58.5 Å². The molecule has 0 aromatic heterocycles. The Morgan fingerprint density at radius 2 is 2.04 bits per heavy atom. The van der Waals surface area contributed by atoms with E-state index in [-0.39, 0.29) is 23.3 Å². The van der Waals surface area contributed by atoms with Gasteiger partial charge in [-0.2, -0.15) is 0 Å². The highest BCUT2D eigenvalue weighted by molar-refractivity contribution is 5.93. The summed E-state index contributed by atoms with van der Waals surface area (Å²) in [7, 11) is 0. The van der Waals surface area contributed by atoms with Crippen molar-refractivity contribution in [3.8, 4) is 0 Å². The number of hydrogen-bond acceptors (Lipinski definition) is 3. The van der Waals surface area contributed by atoms with E-state index in [1.807, 2.05) is 6.08 Å². The molecule has 3 unspecified atom stereocenters. The highest BCUT2D eigenvalue weighted by Crippen LogP contribution is 2.57. The van der Waals surface area contributed by atoms with E-state index < -0.39 is 0 Å². The van der Waals surface area contributed by atoms with Crippen molar-refractivity contribution < 1.29 is 14.3 Å². The zero-order valence-electron chi connectivity index (χ0n) is 13.9. The summed E-state index contributed by atoms with van der Waals surface area (Å²) in [5.74, 6) is 1.22. The Kier molecular flexibility index (Phi) is 3.36. The molecule has 1 saturated carbocycles. The van der Waals surface area contributed by atoms with Crippen LogP contribution in [0.4, 0.5) is 0 Å². The van der Waals surface area contributed by atoms with Gasteiger partial charge in [-0.1, -0.05) is 19.1 Å². The average Bonchev–Trinajstić information content (AvgIpc) is 2.83. The molecule has 4 atom stereocenters. The van der Waals surface area contributed by atoms with Crippen LogP contribution in [-0.2, 0) is 14.3 Å². The molecule has 0 saturated heterocycles. The van der Waals surface area contributed by atoms with Gasteiger partial charge in [-0.05, 0) is 66.7 Å². The predicted molar refractivity (Wildman–Crippen MR) is 87.6 cm³/mol. The number of ether oxygens (including phenoxy) is 1. The van der Waals surface area contributed by atoms with Crippen molar-refractivity contribution in [2.24, 2.45) is 17.3 Å². The molecule has 23 heavy (non-hydrogen) atoms. The number of fused-ring (bicyclic) bond motifs is 4. The van der Waals surface area contributed by atoms with Crippen LogP contribution in [0.25, 0.3) is 0 Å². The van der Waals surface area contributed by atoms with E-state index in [4.69, 9.17) is 4.74 Å². The third kappa shape index (κ3) is 2.24. The molecule has 0 spiro atoms. The summed E-state index contributed by atoms with van der Waals surface area (Å²) in [6.45, 7) is 3.76. The number of allylic oxidation sites excluding steroid dienone is 5. The summed E-state index contributed by atoms with van der Waals surface area (Å²) in [5, 5.41) is 0. The minimum Gasteiger partial charge on any atom is -0.462 e. The molecular weight excluding hydrogens is 288 g/mol. The molecule has 0 bridgehead atoms. The van der Waals surface area contributed by atoms with Crippen LogP contribution in [0.3, 0.4) is 0 Å². The molecule has 0 aromatic rings. The van der Waals surface area contributed by atoms with Crippen LogP contribution in [0, 0.1) is 17.3 Å². The first kappa shape index (κ1) is 14.9. The van der Waals surface area contributed by atoms with Gasteiger partial charge >= 0.3 is 5.97 Å². The first-order valence-corrected chi connectivity index (χ1v) is 8.82. The van der Waals surface area contributed by atoms with Crippen molar-refractivity contribution in [3.63, 3.8) is 0 Å². The van der Waals surface area contributed by atoms with E-state index in [0.29, 0.717) is 18.3 Å². The maximum Gasteiger partial charge on any atom is 0.302 e. The molecule has 0 amide bonds. The molecule has 122 valence electrons. The molecule has 0 aliphatic heterocycles. The number of rotatable bonds is 1. The Morgan fingerprint density at radius 3 is 2.83 bits per heavy atom. The first-order chi connectivity index (χ1) is 11.0. The van der Waals surface area contributed by atoms with Gasteiger partial charge in [0, 0.05) is 18.8 Å². The second-order valence-corrected chi connectivity index (χ2v) is 7.70. The Morgan fingerprint density at radius 1 is 1.22 bits per heavy atom. The molecule has 4 aliphatic rings. The average molecular weight is 312 g/mol. The monoisotopic (exact) mass is 312 g/mol. The van der Waals surface area contributed by atoms with Gasteiger partial charge in [0.15, 0.2) is 5.78 Å². The van der Waals surface area contributed by atoms with Crippen molar-refractivity contribution in [1.82, 2.24) is 0 Å². The lowest BCUT2D eigenvalue weighted by atomic mass is 9.60. The summed E-state index contributed by atoms with van der Waals surface area (Å²) in [4.78, 5) is 23.1. The topological polar surface area (TPSA) is 43.4 Å². The van der Waals surface area contributed by atoms with Gasteiger partial charge in [0.05, 0.1) is 0 Å². The number of carbonyl (C=O) groups excluding carboxylic acids is 2. The summed E-state index contributed by atoms with van der Waals surface area (Å²) in [5.41, 5.74) is 4.12. The zero-order valence-corrected chi connectivity index (χ0v) is 13.9. The number of hydrogen-bond donors (Lipinski definition) is 0. The van der Waals surface area contributed by atoms with Gasteiger partial charge in [0.25, 0.3) is 0 Å². The molecule has 0 radical (unpaired) electrons. The van der Waals surface area contributed by atoms with Crippen LogP contribution in [-0.4, -0.2) is 17.9 Å². The Balaban J connectivity index is 1.73. The highest BCUT2D eigenvalue weighted by Gasteiger charge is 2.53. The van der Waals surface area contributed by atoms with Crippen molar-refractivity contribution in [1.29, 1.82) is 0 Å². The molecule has 0 aromatic carbocycles. The van der Waals surface area contributed by atoms with Gasteiger partial charge < -0.3 is 4.74 Å². The summed E-state index contributed by atoms with van der Waals surface area (Å²) in [6, 6.07) is 0. The summed E-state index contributed by atoms with van der Waals surface area (Å²) in [6.07, 6.45) is 12.2. The lowest BCUT2D eigenvalue weighted by Crippen LogP contribution is -2.40. The Hall–Kier alpha value is -1.64. The third-order valence-corrected chi connectivity index (χ3v) is 6.47. The Bertz CT molecular complexity index is 666. The normalized spacial score (nSPS) is 38.6. The van der Waals surface area contributed by atoms with Crippen molar-refractivity contribution in [3.05, 3.63) is 34.9 Å². The van der Waals surface area contributed by atoms with Crippen LogP contribution in [0.1, 0.15) is 52.4 Å². The van der Waals surface area contributed by atoms with E-state index in [9.17, 15) is 9.59 Å². The molecule has 3 nitrogen and oxygen atoms in total. The molecule has 4 aliphatic carbocycles. The van der Waals surface area contributed by atoms with Gasteiger partial charge in [0.1, 0.15) is 6.10 Å². The van der Waals surface area contributed by atoms with E-state index in [1.165, 1.54) is 23.6 Å². The van der Waals surface area contributed by atoms with Gasteiger partial charge in [-0.3, -0.25) is 9.59 Å². The lowest BCUT2D eigenvalue weighted by molar-refractivity contribution is -0.150. The minimum atomic E-state index is -0.172. The SMILES string of the molecule is CC(=O)OC1CCC2C3CCC4=CC(=O)CCC4=C3C=C[C@]12C. The summed E-state index contributed by atoms with van der Waals surface area (Å²) < 4.78 is 5.62. The number of esters is 1. The van der Waals surface area contributed by atoms with E-state index in [0.717, 1.165) is 32.1 Å². The molecule has 4 rings (SSSR count). The van der Waals surface area contributed by atoms with E-state index >= 15 is 0 Å². The second kappa shape index (κ2) is 5.19. The standard InChI is InChI=1S/C20H24O3/c1-12(21)23-19-8-7-18-17-5-3-13-11-14(22)4-6-15(13)16(17)9-10-20(18,19)2/h9-11,17-19H,3-8H2,1-2H3/t17?,18?,19?,20-/m0/s1. The summed E-state index contributed by atoms with van der Waals surface area (Å²) >= 11 is 0. The number of carbonyl (C=O) groups is 2. The largest absolute Gasteiger partial charge is 0.462 e. The molecule has 0 heterocycles. The van der Waals surface area contributed by atoms with Crippen molar-refractivity contribution in [2.75, 3.05) is 0 Å². The fourth-order valence-electron chi connectivity index (χ4n) is 5.36.